The fourth-order valence-electron chi connectivity index (χ4n) is 3.39. The molecule has 0 amide bonds. The van der Waals surface area contributed by atoms with E-state index in [1.165, 1.54) is 16.7 Å². The lowest BCUT2D eigenvalue weighted by Gasteiger charge is -2.31. The molecule has 0 saturated heterocycles. The van der Waals surface area contributed by atoms with Crippen LogP contribution in [-0.2, 0) is 21.6 Å². The third-order valence-electron chi connectivity index (χ3n) is 6.29. The van der Waals surface area contributed by atoms with Crippen molar-refractivity contribution >= 4 is 5.97 Å². The standard InChI is InChI=1S/C16H22O2.C10H14O/c1-5-15(2,3)14(17)18-16(4)11-10-12-8-6-7-9-13(12)16;1-3-8(2)9-4-6-10(11)7-5-9/h6-9H,5,10-11H2,1-4H3;4-8,11H,3H2,1-2H3. The molecule has 3 rings (SSSR count). The van der Waals surface area contributed by atoms with Gasteiger partial charge in [0.2, 0.25) is 0 Å². The van der Waals surface area contributed by atoms with Crippen LogP contribution in [0.4, 0.5) is 0 Å². The van der Waals surface area contributed by atoms with Crippen molar-refractivity contribution in [3.63, 3.8) is 0 Å². The van der Waals surface area contributed by atoms with E-state index in [9.17, 15) is 4.79 Å². The number of esters is 1. The first-order valence-corrected chi connectivity index (χ1v) is 10.7. The number of rotatable bonds is 5. The number of aromatic hydroxyl groups is 1. The van der Waals surface area contributed by atoms with E-state index in [2.05, 4.69) is 26.0 Å². The molecule has 2 aromatic rings. The second kappa shape index (κ2) is 9.47. The summed E-state index contributed by atoms with van der Waals surface area (Å²) in [5.41, 5.74) is 2.93. The van der Waals surface area contributed by atoms with Crippen molar-refractivity contribution in [3.8, 4) is 5.75 Å². The molecule has 0 saturated carbocycles. The quantitative estimate of drug-likeness (QED) is 0.570. The van der Waals surface area contributed by atoms with Gasteiger partial charge in [0, 0.05) is 0 Å². The van der Waals surface area contributed by atoms with Gasteiger partial charge in [0.15, 0.2) is 0 Å². The maximum atomic E-state index is 12.2. The maximum absolute atomic E-state index is 12.2. The summed E-state index contributed by atoms with van der Waals surface area (Å²) in [6.07, 6.45) is 3.82. The van der Waals surface area contributed by atoms with Gasteiger partial charge in [-0.3, -0.25) is 4.79 Å². The largest absolute Gasteiger partial charge is 0.508 e. The zero-order valence-corrected chi connectivity index (χ0v) is 18.8. The minimum atomic E-state index is -0.444. The zero-order chi connectivity index (χ0) is 21.7. The lowest BCUT2D eigenvalue weighted by Crippen LogP contribution is -2.34. The Morgan fingerprint density at radius 2 is 1.76 bits per heavy atom. The fourth-order valence-corrected chi connectivity index (χ4v) is 3.39. The topological polar surface area (TPSA) is 46.5 Å². The number of carbonyl (C=O) groups is 1. The Hall–Kier alpha value is -2.29. The third kappa shape index (κ3) is 5.62. The molecule has 2 atom stereocenters. The van der Waals surface area contributed by atoms with Crippen LogP contribution >= 0.6 is 0 Å². The van der Waals surface area contributed by atoms with E-state index in [0.717, 1.165) is 25.7 Å². The molecule has 1 N–H and O–H groups in total. The number of hydrogen-bond donors (Lipinski definition) is 1. The summed E-state index contributed by atoms with van der Waals surface area (Å²) in [6, 6.07) is 15.7. The summed E-state index contributed by atoms with van der Waals surface area (Å²) >= 11 is 0. The van der Waals surface area contributed by atoms with Crippen molar-refractivity contribution in [2.24, 2.45) is 5.41 Å². The Morgan fingerprint density at radius 3 is 2.34 bits per heavy atom. The first-order chi connectivity index (χ1) is 13.6. The lowest BCUT2D eigenvalue weighted by atomic mass is 9.89. The Morgan fingerprint density at radius 1 is 1.14 bits per heavy atom. The summed E-state index contributed by atoms with van der Waals surface area (Å²) < 4.78 is 5.84. The van der Waals surface area contributed by atoms with Gasteiger partial charge in [-0.05, 0) is 81.2 Å². The number of carbonyl (C=O) groups excluding carboxylic acids is 1. The summed E-state index contributed by atoms with van der Waals surface area (Å²) in [5, 5.41) is 9.01. The average Bonchev–Trinajstić information content (AvgIpc) is 3.05. The summed E-state index contributed by atoms with van der Waals surface area (Å²) in [7, 11) is 0. The molecule has 0 spiro atoms. The van der Waals surface area contributed by atoms with E-state index in [0.29, 0.717) is 11.7 Å². The van der Waals surface area contributed by atoms with Crippen LogP contribution < -0.4 is 0 Å². The van der Waals surface area contributed by atoms with Crippen LogP contribution in [0.25, 0.3) is 0 Å². The van der Waals surface area contributed by atoms with Crippen molar-refractivity contribution in [1.29, 1.82) is 0 Å². The fraction of sp³-hybridized carbons (Fsp3) is 0.500. The van der Waals surface area contributed by atoms with E-state index in [1.54, 1.807) is 12.1 Å². The minimum Gasteiger partial charge on any atom is -0.508 e. The van der Waals surface area contributed by atoms with Crippen molar-refractivity contribution in [2.45, 2.75) is 78.7 Å². The summed E-state index contributed by atoms with van der Waals surface area (Å²) in [4.78, 5) is 12.2. The van der Waals surface area contributed by atoms with Crippen molar-refractivity contribution in [1.82, 2.24) is 0 Å². The van der Waals surface area contributed by atoms with Gasteiger partial charge in [0.05, 0.1) is 5.41 Å². The number of benzene rings is 2. The van der Waals surface area contributed by atoms with E-state index in [4.69, 9.17) is 9.84 Å². The van der Waals surface area contributed by atoms with Crippen LogP contribution in [0, 0.1) is 5.41 Å². The second-order valence-electron chi connectivity index (χ2n) is 8.92. The number of aryl methyl sites for hydroxylation is 1. The molecule has 0 aromatic heterocycles. The van der Waals surface area contributed by atoms with Gasteiger partial charge in [0.1, 0.15) is 11.4 Å². The Bertz CT molecular complexity index is 807. The monoisotopic (exact) mass is 396 g/mol. The van der Waals surface area contributed by atoms with Crippen LogP contribution in [0.15, 0.2) is 48.5 Å². The van der Waals surface area contributed by atoms with E-state index in [-0.39, 0.29) is 5.97 Å². The van der Waals surface area contributed by atoms with E-state index in [1.807, 2.05) is 52.0 Å². The number of fused-ring (bicyclic) bond motifs is 1. The molecule has 0 bridgehead atoms. The summed E-state index contributed by atoms with van der Waals surface area (Å²) in [6.45, 7) is 12.3. The number of ether oxygens (including phenoxy) is 1. The van der Waals surface area contributed by atoms with Gasteiger partial charge < -0.3 is 9.84 Å². The average molecular weight is 397 g/mol. The molecule has 2 unspecified atom stereocenters. The zero-order valence-electron chi connectivity index (χ0n) is 18.8. The van der Waals surface area contributed by atoms with Crippen LogP contribution in [0.1, 0.15) is 83.4 Å². The number of hydrogen-bond acceptors (Lipinski definition) is 3. The predicted molar refractivity (Wildman–Crippen MR) is 119 cm³/mol. The SMILES string of the molecule is CCC(C)(C)C(=O)OC1(C)CCc2ccccc21.CCC(C)c1ccc(O)cc1. The molecule has 0 heterocycles. The number of phenolic OH excluding ortho intramolecular Hbond substituents is 1. The van der Waals surface area contributed by atoms with Gasteiger partial charge in [-0.15, -0.1) is 0 Å². The molecular weight excluding hydrogens is 360 g/mol. The van der Waals surface area contributed by atoms with Crippen LogP contribution in [-0.4, -0.2) is 11.1 Å². The number of phenols is 1. The lowest BCUT2D eigenvalue weighted by molar-refractivity contribution is -0.170. The van der Waals surface area contributed by atoms with Gasteiger partial charge in [-0.1, -0.05) is 57.2 Å². The Balaban J connectivity index is 0.000000234. The Kier molecular flexibility index (Phi) is 7.51. The van der Waals surface area contributed by atoms with Crippen molar-refractivity contribution < 1.29 is 14.6 Å². The van der Waals surface area contributed by atoms with E-state index >= 15 is 0 Å². The molecular formula is C26H36O3. The van der Waals surface area contributed by atoms with Crippen LogP contribution in [0.3, 0.4) is 0 Å². The molecule has 3 heteroatoms. The molecule has 29 heavy (non-hydrogen) atoms. The maximum Gasteiger partial charge on any atom is 0.312 e. The molecule has 1 aliphatic rings. The van der Waals surface area contributed by atoms with Gasteiger partial charge in [-0.2, -0.15) is 0 Å². The second-order valence-corrected chi connectivity index (χ2v) is 8.92. The van der Waals surface area contributed by atoms with Crippen LogP contribution in [0.5, 0.6) is 5.75 Å². The van der Waals surface area contributed by atoms with Gasteiger partial charge in [-0.25, -0.2) is 0 Å². The first-order valence-electron chi connectivity index (χ1n) is 10.7. The molecule has 3 nitrogen and oxygen atoms in total. The highest BCUT2D eigenvalue weighted by atomic mass is 16.6. The highest BCUT2D eigenvalue weighted by Gasteiger charge is 2.40. The Labute approximate surface area is 176 Å². The molecule has 1 aliphatic carbocycles. The summed E-state index contributed by atoms with van der Waals surface area (Å²) in [5.74, 6) is 0.844. The van der Waals surface area contributed by atoms with E-state index < -0.39 is 11.0 Å². The normalized spacial score (nSPS) is 19.0. The molecule has 158 valence electrons. The highest BCUT2D eigenvalue weighted by molar-refractivity contribution is 5.76. The molecule has 0 fully saturated rings. The minimum absolute atomic E-state index is 0.0933. The first kappa shape index (κ1) is 23.0. The predicted octanol–water partition coefficient (Wildman–Crippen LogP) is 6.73. The van der Waals surface area contributed by atoms with Gasteiger partial charge >= 0.3 is 5.97 Å². The smallest absolute Gasteiger partial charge is 0.312 e. The van der Waals surface area contributed by atoms with Gasteiger partial charge in [0.25, 0.3) is 0 Å². The highest BCUT2D eigenvalue weighted by Crippen LogP contribution is 2.41. The molecule has 0 aliphatic heterocycles. The van der Waals surface area contributed by atoms with Crippen LogP contribution in [0.2, 0.25) is 0 Å². The van der Waals surface area contributed by atoms with Crippen molar-refractivity contribution in [3.05, 3.63) is 65.2 Å². The molecule has 2 aromatic carbocycles. The third-order valence-corrected chi connectivity index (χ3v) is 6.29. The molecule has 0 radical (unpaired) electrons. The van der Waals surface area contributed by atoms with Crippen molar-refractivity contribution in [2.75, 3.05) is 0 Å².